The van der Waals surface area contributed by atoms with Gasteiger partial charge in [0.25, 0.3) is 0 Å². The number of likely N-dealkylation sites (tertiary alicyclic amines) is 1. The van der Waals surface area contributed by atoms with Crippen LogP contribution in [0.1, 0.15) is 47.9 Å². The number of carboxylic acid groups (broad SMARTS) is 1. The first-order valence-corrected chi connectivity index (χ1v) is 11.5. The van der Waals surface area contributed by atoms with Gasteiger partial charge in [-0.2, -0.15) is 13.2 Å². The van der Waals surface area contributed by atoms with Crippen LogP contribution >= 0.6 is 0 Å². The molecule has 2 aliphatic rings. The zero-order valence-electron chi connectivity index (χ0n) is 19.3. The zero-order valence-corrected chi connectivity index (χ0v) is 19.3. The lowest BCUT2D eigenvalue weighted by Gasteiger charge is -2.42. The highest BCUT2D eigenvalue weighted by molar-refractivity contribution is 5.74. The quantitative estimate of drug-likeness (QED) is 0.464. The van der Waals surface area contributed by atoms with E-state index < -0.39 is 29.4 Å². The van der Waals surface area contributed by atoms with Gasteiger partial charge in [-0.05, 0) is 67.9 Å². The van der Waals surface area contributed by atoms with E-state index in [-0.39, 0.29) is 23.9 Å². The van der Waals surface area contributed by atoms with Crippen molar-refractivity contribution in [3.8, 4) is 11.8 Å². The molecule has 2 fully saturated rings. The summed E-state index contributed by atoms with van der Waals surface area (Å²) < 4.78 is 45.3. The molecule has 8 heteroatoms. The molecule has 5 nitrogen and oxygen atoms in total. The van der Waals surface area contributed by atoms with Gasteiger partial charge in [-0.15, -0.1) is 0 Å². The van der Waals surface area contributed by atoms with Gasteiger partial charge in [0.2, 0.25) is 0 Å². The Balaban J connectivity index is 1.64. The molecule has 1 aliphatic heterocycles. The summed E-state index contributed by atoms with van der Waals surface area (Å²) in [5.41, 5.74) is -0.0875. The number of halogens is 3. The number of fused-ring (bicyclic) bond motifs is 1. The van der Waals surface area contributed by atoms with Crippen molar-refractivity contribution in [2.75, 3.05) is 6.54 Å². The number of rotatable bonds is 3. The standard InChI is InChI=1S/C27H26F3NO4/c1-18-5-2-6-19(15-18)10-13-26(12-4-9-23-22(26)11-14-31(23)25(33)34)35-24(32)17-20-7-3-8-21(16-20)27(28,29)30/h2-3,5-8,15-16,22-23H,4,9,11-12,14,17H2,1H3,(H,33,34). The van der Waals surface area contributed by atoms with Gasteiger partial charge in [0.05, 0.1) is 12.0 Å². The maximum Gasteiger partial charge on any atom is 0.416 e. The topological polar surface area (TPSA) is 66.8 Å². The fourth-order valence-electron chi connectivity index (χ4n) is 5.22. The van der Waals surface area contributed by atoms with E-state index in [0.717, 1.165) is 23.3 Å². The van der Waals surface area contributed by atoms with Crippen LogP contribution in [0.2, 0.25) is 0 Å². The molecular formula is C27H26F3NO4. The van der Waals surface area contributed by atoms with Crippen LogP contribution in [0.25, 0.3) is 0 Å². The molecular weight excluding hydrogens is 459 g/mol. The average Bonchev–Trinajstić information content (AvgIpc) is 3.23. The third kappa shape index (κ3) is 5.45. The Bertz CT molecular complexity index is 1180. The summed E-state index contributed by atoms with van der Waals surface area (Å²) in [6.45, 7) is 2.26. The van der Waals surface area contributed by atoms with Crippen LogP contribution in [-0.4, -0.2) is 40.3 Å². The van der Waals surface area contributed by atoms with Gasteiger partial charge < -0.3 is 14.7 Å². The van der Waals surface area contributed by atoms with E-state index >= 15 is 0 Å². The molecule has 1 heterocycles. The lowest BCUT2D eigenvalue weighted by molar-refractivity contribution is -0.162. The van der Waals surface area contributed by atoms with Crippen molar-refractivity contribution in [2.45, 2.75) is 56.8 Å². The van der Waals surface area contributed by atoms with E-state index in [0.29, 0.717) is 32.2 Å². The Hall–Kier alpha value is -3.47. The second-order valence-corrected chi connectivity index (χ2v) is 9.19. The molecule has 0 radical (unpaired) electrons. The number of esters is 1. The summed E-state index contributed by atoms with van der Waals surface area (Å²) in [4.78, 5) is 26.1. The lowest BCUT2D eigenvalue weighted by Crippen LogP contribution is -2.51. The Morgan fingerprint density at radius 2 is 1.94 bits per heavy atom. The molecule has 3 atom stereocenters. The van der Waals surface area contributed by atoms with E-state index in [1.165, 1.54) is 17.0 Å². The predicted molar refractivity (Wildman–Crippen MR) is 123 cm³/mol. The minimum absolute atomic E-state index is 0.192. The molecule has 0 aromatic heterocycles. The van der Waals surface area contributed by atoms with Crippen LogP contribution in [0, 0.1) is 24.7 Å². The highest BCUT2D eigenvalue weighted by Crippen LogP contribution is 2.45. The number of ether oxygens (including phenoxy) is 1. The van der Waals surface area contributed by atoms with Crippen LogP contribution in [-0.2, 0) is 22.1 Å². The fourth-order valence-corrected chi connectivity index (χ4v) is 5.22. The van der Waals surface area contributed by atoms with E-state index in [1.807, 2.05) is 31.2 Å². The van der Waals surface area contributed by atoms with E-state index in [2.05, 4.69) is 11.8 Å². The monoisotopic (exact) mass is 485 g/mol. The van der Waals surface area contributed by atoms with Crippen molar-refractivity contribution in [3.05, 3.63) is 70.8 Å². The molecule has 0 bridgehead atoms. The lowest BCUT2D eigenvalue weighted by atomic mass is 9.72. The summed E-state index contributed by atoms with van der Waals surface area (Å²) in [5.74, 6) is 5.29. The zero-order chi connectivity index (χ0) is 25.2. The maximum atomic E-state index is 13.1. The van der Waals surface area contributed by atoms with Crippen LogP contribution in [0.5, 0.6) is 0 Å². The third-order valence-corrected chi connectivity index (χ3v) is 6.77. The van der Waals surface area contributed by atoms with Gasteiger partial charge in [0.1, 0.15) is 0 Å². The third-order valence-electron chi connectivity index (χ3n) is 6.77. The van der Waals surface area contributed by atoms with Gasteiger partial charge in [-0.3, -0.25) is 4.79 Å². The second-order valence-electron chi connectivity index (χ2n) is 9.19. The summed E-state index contributed by atoms with van der Waals surface area (Å²) in [5, 5.41) is 9.62. The van der Waals surface area contributed by atoms with Crippen LogP contribution < -0.4 is 0 Å². The van der Waals surface area contributed by atoms with Crippen LogP contribution in [0.15, 0.2) is 48.5 Å². The first kappa shape index (κ1) is 24.6. The maximum absolute atomic E-state index is 13.1. The van der Waals surface area contributed by atoms with Crippen molar-refractivity contribution in [2.24, 2.45) is 5.92 Å². The van der Waals surface area contributed by atoms with Crippen molar-refractivity contribution in [3.63, 3.8) is 0 Å². The number of amides is 1. The van der Waals surface area contributed by atoms with Crippen molar-refractivity contribution < 1.29 is 32.6 Å². The average molecular weight is 486 g/mol. The minimum Gasteiger partial charge on any atom is -0.465 e. The highest BCUT2D eigenvalue weighted by Gasteiger charge is 2.53. The number of aryl methyl sites for hydroxylation is 1. The van der Waals surface area contributed by atoms with Gasteiger partial charge in [0.15, 0.2) is 5.60 Å². The number of alkyl halides is 3. The molecule has 0 spiro atoms. The molecule has 184 valence electrons. The van der Waals surface area contributed by atoms with Gasteiger partial charge in [-0.25, -0.2) is 4.79 Å². The first-order valence-electron chi connectivity index (χ1n) is 11.5. The van der Waals surface area contributed by atoms with Gasteiger partial charge in [-0.1, -0.05) is 36.3 Å². The number of hydrogen-bond donors (Lipinski definition) is 1. The molecule has 4 rings (SSSR count). The molecule has 3 unspecified atom stereocenters. The molecule has 2 aromatic rings. The molecule has 1 aliphatic carbocycles. The highest BCUT2D eigenvalue weighted by atomic mass is 19.4. The summed E-state index contributed by atoms with van der Waals surface area (Å²) in [6, 6.07) is 11.8. The predicted octanol–water partition coefficient (Wildman–Crippen LogP) is 5.44. The second kappa shape index (κ2) is 9.65. The molecule has 1 saturated heterocycles. The van der Waals surface area contributed by atoms with Crippen molar-refractivity contribution in [1.82, 2.24) is 4.90 Å². The Morgan fingerprint density at radius 1 is 1.17 bits per heavy atom. The summed E-state index contributed by atoms with van der Waals surface area (Å²) in [7, 11) is 0. The van der Waals surface area contributed by atoms with E-state index in [4.69, 9.17) is 4.74 Å². The van der Waals surface area contributed by atoms with Crippen LogP contribution in [0.4, 0.5) is 18.0 Å². The van der Waals surface area contributed by atoms with Crippen LogP contribution in [0.3, 0.4) is 0 Å². The largest absolute Gasteiger partial charge is 0.465 e. The number of nitrogens with zero attached hydrogens (tertiary/aromatic N) is 1. The SMILES string of the molecule is Cc1cccc(C#CC2(OC(=O)Cc3cccc(C(F)(F)F)c3)CCCC3C2CCN3C(=O)O)c1. The van der Waals surface area contributed by atoms with Crippen molar-refractivity contribution >= 4 is 12.1 Å². The fraction of sp³-hybridized carbons (Fsp3) is 0.407. The van der Waals surface area contributed by atoms with Gasteiger partial charge in [0, 0.05) is 24.1 Å². The Morgan fingerprint density at radius 3 is 2.66 bits per heavy atom. The first-order chi connectivity index (χ1) is 16.6. The van der Waals surface area contributed by atoms with Crippen molar-refractivity contribution in [1.29, 1.82) is 0 Å². The molecule has 35 heavy (non-hydrogen) atoms. The van der Waals surface area contributed by atoms with Gasteiger partial charge >= 0.3 is 18.2 Å². The number of hydrogen-bond acceptors (Lipinski definition) is 3. The summed E-state index contributed by atoms with van der Waals surface area (Å²) in [6.07, 6.45) is -3.67. The normalized spacial score (nSPS) is 23.7. The smallest absolute Gasteiger partial charge is 0.416 e. The van der Waals surface area contributed by atoms with E-state index in [9.17, 15) is 27.9 Å². The summed E-state index contributed by atoms with van der Waals surface area (Å²) >= 11 is 0. The minimum atomic E-state index is -4.51. The molecule has 1 saturated carbocycles. The van der Waals surface area contributed by atoms with E-state index in [1.54, 1.807) is 0 Å². The number of carbonyl (C=O) groups is 2. The Kier molecular flexibility index (Phi) is 6.79. The molecule has 2 aromatic carbocycles. The number of carbonyl (C=O) groups excluding carboxylic acids is 1. The number of benzene rings is 2. The molecule has 1 amide bonds. The Labute approximate surface area is 201 Å². The molecule has 1 N–H and O–H groups in total.